The van der Waals surface area contributed by atoms with E-state index in [1.807, 2.05) is 0 Å². The van der Waals surface area contributed by atoms with Crippen LogP contribution in [-0.4, -0.2) is 62.2 Å². The minimum absolute atomic E-state index is 0.149. The van der Waals surface area contributed by atoms with Crippen molar-refractivity contribution in [3.05, 3.63) is 30.3 Å². The van der Waals surface area contributed by atoms with Crippen molar-refractivity contribution in [1.82, 2.24) is 10.6 Å². The minimum Gasteiger partial charge on any atom is -0.467 e. The van der Waals surface area contributed by atoms with Gasteiger partial charge in [0.1, 0.15) is 16.9 Å². The predicted octanol–water partition coefficient (Wildman–Crippen LogP) is 2.65. The van der Waals surface area contributed by atoms with Gasteiger partial charge in [-0.15, -0.1) is 0 Å². The molecule has 0 bridgehead atoms. The number of methoxy groups -OCH3 is 1. The molecule has 10 nitrogen and oxygen atoms in total. The van der Waals surface area contributed by atoms with Crippen LogP contribution < -0.4 is 10.6 Å². The van der Waals surface area contributed by atoms with Gasteiger partial charge in [-0.25, -0.2) is 18.0 Å². The van der Waals surface area contributed by atoms with Gasteiger partial charge in [-0.3, -0.25) is 9.59 Å². The zero-order chi connectivity index (χ0) is 27.8. The van der Waals surface area contributed by atoms with Crippen LogP contribution in [0.25, 0.3) is 0 Å². The molecule has 0 spiro atoms. The molecule has 0 aliphatic carbocycles. The van der Waals surface area contributed by atoms with Crippen molar-refractivity contribution in [2.24, 2.45) is 11.8 Å². The highest BCUT2D eigenvalue weighted by Crippen LogP contribution is 2.23. The zero-order valence-electron chi connectivity index (χ0n) is 22.2. The third-order valence-corrected chi connectivity index (χ3v) is 7.30. The number of ether oxygens (including phenoxy) is 2. The van der Waals surface area contributed by atoms with Crippen molar-refractivity contribution < 1.29 is 37.1 Å². The van der Waals surface area contributed by atoms with Gasteiger partial charge in [0, 0.05) is 0 Å². The largest absolute Gasteiger partial charge is 0.467 e. The first kappa shape index (κ1) is 31.1. The van der Waals surface area contributed by atoms with Crippen LogP contribution in [-0.2, 0) is 33.7 Å². The van der Waals surface area contributed by atoms with Crippen molar-refractivity contribution in [3.63, 3.8) is 0 Å². The molecule has 0 aliphatic rings. The average Bonchev–Trinajstić information content (AvgIpc) is 2.77. The number of Topliss-reactive ketones (excluding diaryl/α,β-unsaturated/α-hetero) is 1. The lowest BCUT2D eigenvalue weighted by atomic mass is 9.96. The standard InChI is InChI=1S/C25H38N2O8S/c1-15(2)20(27-24(31)35-25(5,6)7)22(29)18(36(32,33)17-12-10-9-11-13-17)14-19(28)26-21(16(3)4)23(30)34-8/h9-13,15-16,18,20-21H,14H2,1-8H3,(H,26,28)(H,27,31)/t18?,20-,21?/m0/s1. The number of esters is 1. The molecule has 202 valence electrons. The molecule has 1 aromatic carbocycles. The number of hydrogen-bond donors (Lipinski definition) is 2. The lowest BCUT2D eigenvalue weighted by Crippen LogP contribution is -2.53. The van der Waals surface area contributed by atoms with E-state index in [0.29, 0.717) is 0 Å². The first-order valence-electron chi connectivity index (χ1n) is 11.7. The van der Waals surface area contributed by atoms with Gasteiger partial charge in [0.2, 0.25) is 5.91 Å². The highest BCUT2D eigenvalue weighted by Gasteiger charge is 2.42. The summed E-state index contributed by atoms with van der Waals surface area (Å²) < 4.78 is 37.0. The molecule has 1 aromatic rings. The van der Waals surface area contributed by atoms with E-state index >= 15 is 0 Å². The molecule has 0 heterocycles. The van der Waals surface area contributed by atoms with Gasteiger partial charge in [-0.1, -0.05) is 45.9 Å². The van der Waals surface area contributed by atoms with E-state index in [-0.39, 0.29) is 10.8 Å². The van der Waals surface area contributed by atoms with Crippen LogP contribution in [0, 0.1) is 11.8 Å². The van der Waals surface area contributed by atoms with Gasteiger partial charge in [0.25, 0.3) is 0 Å². The topological polar surface area (TPSA) is 145 Å². The molecule has 3 atom stereocenters. The lowest BCUT2D eigenvalue weighted by Gasteiger charge is -2.28. The number of nitrogens with one attached hydrogen (secondary N) is 2. The summed E-state index contributed by atoms with van der Waals surface area (Å²) in [6.07, 6.45) is -1.64. The first-order chi connectivity index (χ1) is 16.5. The fourth-order valence-corrected chi connectivity index (χ4v) is 5.05. The van der Waals surface area contributed by atoms with Crippen LogP contribution in [0.15, 0.2) is 35.2 Å². The summed E-state index contributed by atoms with van der Waals surface area (Å²) in [6, 6.07) is 4.98. The molecule has 36 heavy (non-hydrogen) atoms. The summed E-state index contributed by atoms with van der Waals surface area (Å²) in [4.78, 5) is 50.9. The number of rotatable bonds is 11. The van der Waals surface area contributed by atoms with Crippen molar-refractivity contribution in [1.29, 1.82) is 0 Å². The highest BCUT2D eigenvalue weighted by atomic mass is 32.2. The Morgan fingerprint density at radius 1 is 0.889 bits per heavy atom. The Labute approximate surface area is 213 Å². The molecule has 2 amide bonds. The van der Waals surface area contributed by atoms with Crippen molar-refractivity contribution in [2.45, 2.75) is 82.7 Å². The van der Waals surface area contributed by atoms with Crippen molar-refractivity contribution in [3.8, 4) is 0 Å². The maximum atomic E-state index is 13.6. The number of ketones is 1. The summed E-state index contributed by atoms with van der Waals surface area (Å²) in [5.41, 5.74) is -0.843. The number of carbonyl (C=O) groups is 4. The minimum atomic E-state index is -4.35. The van der Waals surface area contributed by atoms with E-state index in [2.05, 4.69) is 10.6 Å². The van der Waals surface area contributed by atoms with E-state index in [1.54, 1.807) is 54.5 Å². The Hall–Kier alpha value is -2.95. The zero-order valence-corrected chi connectivity index (χ0v) is 23.0. The molecule has 0 saturated heterocycles. The second-order valence-corrected chi connectivity index (χ2v) is 12.3. The van der Waals surface area contributed by atoms with Crippen LogP contribution in [0.3, 0.4) is 0 Å². The van der Waals surface area contributed by atoms with Crippen LogP contribution in [0.2, 0.25) is 0 Å². The number of amides is 2. The number of hydrogen-bond acceptors (Lipinski definition) is 8. The summed E-state index contributed by atoms with van der Waals surface area (Å²) in [5.74, 6) is -3.25. The summed E-state index contributed by atoms with van der Waals surface area (Å²) in [7, 11) is -3.17. The van der Waals surface area contributed by atoms with E-state index in [4.69, 9.17) is 9.47 Å². The first-order valence-corrected chi connectivity index (χ1v) is 13.2. The number of alkyl carbamates (subject to hydrolysis) is 1. The predicted molar refractivity (Wildman–Crippen MR) is 134 cm³/mol. The molecule has 0 fully saturated rings. The second-order valence-electron chi connectivity index (χ2n) is 10.1. The Morgan fingerprint density at radius 3 is 1.86 bits per heavy atom. The molecule has 2 N–H and O–H groups in total. The summed E-state index contributed by atoms with van der Waals surface area (Å²) in [5, 5.41) is 3.10. The monoisotopic (exact) mass is 526 g/mol. The smallest absolute Gasteiger partial charge is 0.408 e. The molecule has 0 saturated carbocycles. The molecular formula is C25H38N2O8S. The number of sulfone groups is 1. The van der Waals surface area contributed by atoms with Crippen molar-refractivity contribution in [2.75, 3.05) is 7.11 Å². The molecule has 1 rings (SSSR count). The lowest BCUT2D eigenvalue weighted by molar-refractivity contribution is -0.146. The Bertz CT molecular complexity index is 1030. The van der Waals surface area contributed by atoms with Gasteiger partial charge in [0.15, 0.2) is 15.6 Å². The summed E-state index contributed by atoms with van der Waals surface area (Å²) in [6.45, 7) is 11.6. The third kappa shape index (κ3) is 8.92. The summed E-state index contributed by atoms with van der Waals surface area (Å²) >= 11 is 0. The highest BCUT2D eigenvalue weighted by molar-refractivity contribution is 7.92. The maximum absolute atomic E-state index is 13.6. The SMILES string of the molecule is COC(=O)C(NC(=O)CC(C(=O)[C@@H](NC(=O)OC(C)(C)C)C(C)C)S(=O)(=O)c1ccccc1)C(C)C. The Balaban J connectivity index is 3.40. The Kier molecular flexibility index (Phi) is 11.1. The third-order valence-electron chi connectivity index (χ3n) is 5.22. The number of benzene rings is 1. The fraction of sp³-hybridized carbons (Fsp3) is 0.600. The normalized spacial score (nSPS) is 14.5. The Morgan fingerprint density at radius 2 is 1.42 bits per heavy atom. The van der Waals surface area contributed by atoms with E-state index in [9.17, 15) is 27.6 Å². The number of carbonyl (C=O) groups excluding carboxylic acids is 4. The van der Waals surface area contributed by atoms with E-state index < -0.39 is 68.9 Å². The molecular weight excluding hydrogens is 488 g/mol. The van der Waals surface area contributed by atoms with Gasteiger partial charge in [-0.05, 0) is 44.7 Å². The molecule has 0 aromatic heterocycles. The van der Waals surface area contributed by atoms with Gasteiger partial charge in [-0.2, -0.15) is 0 Å². The van der Waals surface area contributed by atoms with Crippen LogP contribution >= 0.6 is 0 Å². The van der Waals surface area contributed by atoms with Crippen LogP contribution in [0.1, 0.15) is 54.9 Å². The maximum Gasteiger partial charge on any atom is 0.408 e. The average molecular weight is 527 g/mol. The van der Waals surface area contributed by atoms with E-state index in [1.165, 1.54) is 31.4 Å². The van der Waals surface area contributed by atoms with Gasteiger partial charge in [0.05, 0.1) is 24.5 Å². The molecule has 2 unspecified atom stereocenters. The van der Waals surface area contributed by atoms with Crippen molar-refractivity contribution >= 4 is 33.6 Å². The molecule has 11 heteroatoms. The van der Waals surface area contributed by atoms with Gasteiger partial charge >= 0.3 is 12.1 Å². The van der Waals surface area contributed by atoms with Crippen LogP contribution in [0.5, 0.6) is 0 Å². The van der Waals surface area contributed by atoms with Crippen LogP contribution in [0.4, 0.5) is 4.79 Å². The van der Waals surface area contributed by atoms with E-state index in [0.717, 1.165) is 0 Å². The fourth-order valence-electron chi connectivity index (χ4n) is 3.36. The van der Waals surface area contributed by atoms with Gasteiger partial charge < -0.3 is 20.1 Å². The molecule has 0 radical (unpaired) electrons. The molecule has 0 aliphatic heterocycles. The quantitative estimate of drug-likeness (QED) is 0.419. The second kappa shape index (κ2) is 12.8.